The van der Waals surface area contributed by atoms with E-state index in [0.29, 0.717) is 29.1 Å². The summed E-state index contributed by atoms with van der Waals surface area (Å²) >= 11 is 0. The summed E-state index contributed by atoms with van der Waals surface area (Å²) in [5, 5.41) is 0. The first kappa shape index (κ1) is 32.6. The van der Waals surface area contributed by atoms with Gasteiger partial charge in [-0.05, 0) is 48.5 Å². The zero-order chi connectivity index (χ0) is 32.8. The molecule has 4 aromatic rings. The van der Waals surface area contributed by atoms with Gasteiger partial charge in [-0.3, -0.25) is 14.5 Å². The second-order valence-electron chi connectivity index (χ2n) is 11.5. The topological polar surface area (TPSA) is 78.9 Å². The molecule has 1 aromatic heterocycles. The molecule has 0 unspecified atom stereocenters. The standard InChI is InChI=1S/C35H36F3N5O3/c1-41-13-15-43(16-14-41)30-10-7-24(8-11-30)18-29-22-33(40-23-39-29)42(2)34(45)21-27-17-25(9-12-32(27)46-3)19-31(44)26-5-4-6-28(20-26)35(36,37)38/h4-12,17,20,22-23H,13-16,18-19,21H2,1-3H3. The fraction of sp³-hybridized carbons (Fsp3) is 0.314. The van der Waals surface area contributed by atoms with Crippen LogP contribution in [0.3, 0.4) is 0 Å². The Morgan fingerprint density at radius 2 is 1.61 bits per heavy atom. The first-order valence-corrected chi connectivity index (χ1v) is 15.0. The predicted molar refractivity (Wildman–Crippen MR) is 171 cm³/mol. The molecular weight excluding hydrogens is 595 g/mol. The fourth-order valence-corrected chi connectivity index (χ4v) is 5.41. The SMILES string of the molecule is COc1ccc(CC(=O)c2cccc(C(F)(F)F)c2)cc1CC(=O)N(C)c1cc(Cc2ccc(N3CCN(C)CC3)cc2)ncn1. The van der Waals surface area contributed by atoms with Crippen molar-refractivity contribution in [2.24, 2.45) is 0 Å². The molecule has 240 valence electrons. The number of piperazine rings is 1. The van der Waals surface area contributed by atoms with Crippen molar-refractivity contribution in [1.29, 1.82) is 0 Å². The van der Waals surface area contributed by atoms with E-state index in [9.17, 15) is 22.8 Å². The Balaban J connectivity index is 1.24. The monoisotopic (exact) mass is 631 g/mol. The lowest BCUT2D eigenvalue weighted by molar-refractivity contribution is -0.137. The van der Waals surface area contributed by atoms with Crippen LogP contribution in [0.1, 0.15) is 38.3 Å². The average Bonchev–Trinajstić information content (AvgIpc) is 3.05. The third-order valence-corrected chi connectivity index (χ3v) is 8.18. The summed E-state index contributed by atoms with van der Waals surface area (Å²) in [6.07, 6.45) is -2.70. The summed E-state index contributed by atoms with van der Waals surface area (Å²) in [5.41, 5.74) is 3.25. The van der Waals surface area contributed by atoms with Crippen molar-refractivity contribution in [2.75, 3.05) is 57.2 Å². The van der Waals surface area contributed by atoms with Crippen LogP contribution in [0.25, 0.3) is 0 Å². The summed E-state index contributed by atoms with van der Waals surface area (Å²) in [5.74, 6) is 0.174. The van der Waals surface area contributed by atoms with Gasteiger partial charge in [0.05, 0.1) is 24.8 Å². The smallest absolute Gasteiger partial charge is 0.416 e. The van der Waals surface area contributed by atoms with Crippen LogP contribution in [0.5, 0.6) is 5.75 Å². The fourth-order valence-electron chi connectivity index (χ4n) is 5.41. The molecule has 0 spiro atoms. The summed E-state index contributed by atoms with van der Waals surface area (Å²) in [7, 11) is 5.25. The van der Waals surface area contributed by atoms with Crippen LogP contribution >= 0.6 is 0 Å². The number of halogens is 3. The van der Waals surface area contributed by atoms with Gasteiger partial charge < -0.3 is 14.5 Å². The van der Waals surface area contributed by atoms with E-state index in [1.54, 1.807) is 31.3 Å². The molecule has 5 rings (SSSR count). The van der Waals surface area contributed by atoms with Crippen LogP contribution in [0, 0.1) is 0 Å². The maximum absolute atomic E-state index is 13.4. The van der Waals surface area contributed by atoms with E-state index < -0.39 is 17.5 Å². The number of rotatable bonds is 10. The number of alkyl halides is 3. The first-order chi connectivity index (χ1) is 22.0. The van der Waals surface area contributed by atoms with Crippen molar-refractivity contribution in [3.8, 4) is 5.75 Å². The number of methoxy groups -OCH3 is 1. The maximum atomic E-state index is 13.4. The van der Waals surface area contributed by atoms with Crippen LogP contribution < -0.4 is 14.5 Å². The second-order valence-corrected chi connectivity index (χ2v) is 11.5. The van der Waals surface area contributed by atoms with Crippen molar-refractivity contribution in [3.05, 3.63) is 113 Å². The number of aromatic nitrogens is 2. The van der Waals surface area contributed by atoms with Gasteiger partial charge in [0.1, 0.15) is 17.9 Å². The molecule has 46 heavy (non-hydrogen) atoms. The van der Waals surface area contributed by atoms with Crippen molar-refractivity contribution in [1.82, 2.24) is 14.9 Å². The number of ketones is 1. The molecule has 0 N–H and O–H groups in total. The highest BCUT2D eigenvalue weighted by molar-refractivity contribution is 5.98. The van der Waals surface area contributed by atoms with Crippen LogP contribution in [-0.4, -0.2) is 73.9 Å². The predicted octanol–water partition coefficient (Wildman–Crippen LogP) is 5.48. The Morgan fingerprint density at radius 1 is 0.891 bits per heavy atom. The van der Waals surface area contributed by atoms with Gasteiger partial charge in [-0.25, -0.2) is 9.97 Å². The van der Waals surface area contributed by atoms with E-state index >= 15 is 0 Å². The van der Waals surface area contributed by atoms with E-state index in [4.69, 9.17) is 4.74 Å². The van der Waals surface area contributed by atoms with E-state index in [1.165, 1.54) is 36.2 Å². The molecular formula is C35H36F3N5O3. The van der Waals surface area contributed by atoms with Crippen molar-refractivity contribution >= 4 is 23.2 Å². The molecule has 1 amide bonds. The van der Waals surface area contributed by atoms with Gasteiger partial charge in [0, 0.05) is 68.9 Å². The minimum absolute atomic E-state index is 0.0338. The third kappa shape index (κ3) is 8.08. The average molecular weight is 632 g/mol. The van der Waals surface area contributed by atoms with Gasteiger partial charge in [0.2, 0.25) is 5.91 Å². The molecule has 0 atom stereocenters. The molecule has 1 fully saturated rings. The number of anilines is 2. The van der Waals surface area contributed by atoms with Crippen molar-refractivity contribution in [2.45, 2.75) is 25.4 Å². The number of benzene rings is 3. The number of hydrogen-bond acceptors (Lipinski definition) is 7. The molecule has 3 aromatic carbocycles. The maximum Gasteiger partial charge on any atom is 0.416 e. The van der Waals surface area contributed by atoms with E-state index in [2.05, 4.69) is 51.1 Å². The highest BCUT2D eigenvalue weighted by Gasteiger charge is 2.31. The van der Waals surface area contributed by atoms with Crippen molar-refractivity contribution in [3.63, 3.8) is 0 Å². The molecule has 0 saturated carbocycles. The molecule has 1 aliphatic rings. The number of carbonyl (C=O) groups excluding carboxylic acids is 2. The van der Waals surface area contributed by atoms with Crippen LogP contribution in [0.2, 0.25) is 0 Å². The van der Waals surface area contributed by atoms with Gasteiger partial charge in [-0.15, -0.1) is 0 Å². The van der Waals surface area contributed by atoms with Crippen LogP contribution in [0.15, 0.2) is 79.1 Å². The lowest BCUT2D eigenvalue weighted by atomic mass is 9.98. The third-order valence-electron chi connectivity index (χ3n) is 8.18. The van der Waals surface area contributed by atoms with Crippen molar-refractivity contribution < 1.29 is 27.5 Å². The lowest BCUT2D eigenvalue weighted by Crippen LogP contribution is -2.44. The lowest BCUT2D eigenvalue weighted by Gasteiger charge is -2.34. The van der Waals surface area contributed by atoms with Gasteiger partial charge in [-0.2, -0.15) is 13.2 Å². The largest absolute Gasteiger partial charge is 0.496 e. The molecule has 1 saturated heterocycles. The number of nitrogens with zero attached hydrogens (tertiary/aromatic N) is 5. The number of hydrogen-bond donors (Lipinski definition) is 0. The quantitative estimate of drug-likeness (QED) is 0.215. The van der Waals surface area contributed by atoms with E-state index in [1.807, 2.05) is 0 Å². The molecule has 8 nitrogen and oxygen atoms in total. The summed E-state index contributed by atoms with van der Waals surface area (Å²) in [6, 6.07) is 19.6. The Kier molecular flexibility index (Phi) is 10.0. The Bertz CT molecular complexity index is 1690. The molecule has 11 heteroatoms. The minimum atomic E-state index is -4.55. The molecule has 0 bridgehead atoms. The summed E-state index contributed by atoms with van der Waals surface area (Å²) < 4.78 is 44.9. The second kappa shape index (κ2) is 14.1. The van der Waals surface area contributed by atoms with Crippen LogP contribution in [-0.2, 0) is 30.2 Å². The zero-order valence-corrected chi connectivity index (χ0v) is 26.1. The van der Waals surface area contributed by atoms with Gasteiger partial charge in [-0.1, -0.05) is 36.4 Å². The number of likely N-dealkylation sites (N-methyl/N-ethyl adjacent to an activating group) is 2. The van der Waals surface area contributed by atoms with E-state index in [-0.39, 0.29) is 24.3 Å². The molecule has 2 heterocycles. The number of carbonyl (C=O) groups is 2. The summed E-state index contributed by atoms with van der Waals surface area (Å²) in [6.45, 7) is 4.08. The number of Topliss-reactive ketones (excluding diaryl/α,β-unsaturated/α-hetero) is 1. The number of amides is 1. The highest BCUT2D eigenvalue weighted by atomic mass is 19.4. The van der Waals surface area contributed by atoms with Crippen LogP contribution in [0.4, 0.5) is 24.7 Å². The number of ether oxygens (including phenoxy) is 1. The van der Waals surface area contributed by atoms with Gasteiger partial charge >= 0.3 is 6.18 Å². The first-order valence-electron chi connectivity index (χ1n) is 15.0. The van der Waals surface area contributed by atoms with Gasteiger partial charge in [0.25, 0.3) is 0 Å². The Hall–Kier alpha value is -4.77. The van der Waals surface area contributed by atoms with E-state index in [0.717, 1.165) is 49.6 Å². The highest BCUT2D eigenvalue weighted by Crippen LogP contribution is 2.30. The Labute approximate surface area is 266 Å². The molecule has 1 aliphatic heterocycles. The molecule has 0 aliphatic carbocycles. The Morgan fingerprint density at radius 3 is 2.30 bits per heavy atom. The zero-order valence-electron chi connectivity index (χ0n) is 26.1. The summed E-state index contributed by atoms with van der Waals surface area (Å²) in [4.78, 5) is 41.1. The minimum Gasteiger partial charge on any atom is -0.496 e. The molecule has 0 radical (unpaired) electrons. The normalized spacial score (nSPS) is 13.8. The van der Waals surface area contributed by atoms with Gasteiger partial charge in [0.15, 0.2) is 5.78 Å².